The Balaban J connectivity index is 1.45. The molecule has 0 radical (unpaired) electrons. The summed E-state index contributed by atoms with van der Waals surface area (Å²) in [6.07, 6.45) is 2.11. The molecule has 1 saturated heterocycles. The van der Waals surface area contributed by atoms with E-state index in [4.69, 9.17) is 9.47 Å². The Morgan fingerprint density at radius 2 is 1.88 bits per heavy atom. The Bertz CT molecular complexity index is 1010. The molecule has 0 N–H and O–H groups in total. The predicted molar refractivity (Wildman–Crippen MR) is 140 cm³/mol. The molecule has 2 heterocycles. The first-order valence-electron chi connectivity index (χ1n) is 12.9. The van der Waals surface area contributed by atoms with E-state index in [2.05, 4.69) is 81.3 Å². The predicted octanol–water partition coefficient (Wildman–Crippen LogP) is 6.27. The minimum absolute atomic E-state index is 0.505. The second kappa shape index (κ2) is 10.9. The maximum absolute atomic E-state index is 6.01. The molecule has 0 spiro atoms. The normalized spacial score (nSPS) is 18.2. The summed E-state index contributed by atoms with van der Waals surface area (Å²) in [4.78, 5) is 5.11. The first-order chi connectivity index (χ1) is 16.3. The van der Waals surface area contributed by atoms with Gasteiger partial charge in [0.1, 0.15) is 0 Å². The van der Waals surface area contributed by atoms with Crippen molar-refractivity contribution in [1.82, 2.24) is 9.80 Å². The molecule has 2 aromatic carbocycles. The molecule has 0 amide bonds. The van der Waals surface area contributed by atoms with E-state index in [-0.39, 0.29) is 0 Å². The van der Waals surface area contributed by atoms with Gasteiger partial charge in [0.25, 0.3) is 0 Å². The van der Waals surface area contributed by atoms with Gasteiger partial charge in [0, 0.05) is 44.2 Å². The van der Waals surface area contributed by atoms with Gasteiger partial charge in [-0.15, -0.1) is 0 Å². The molecular weight excluding hydrogens is 420 g/mol. The number of ether oxygens (including phenoxy) is 2. The van der Waals surface area contributed by atoms with Crippen molar-refractivity contribution in [2.45, 2.75) is 60.5 Å². The second-order valence-corrected chi connectivity index (χ2v) is 10.7. The minimum Gasteiger partial charge on any atom is -0.490 e. The largest absolute Gasteiger partial charge is 0.490 e. The van der Waals surface area contributed by atoms with E-state index >= 15 is 0 Å². The van der Waals surface area contributed by atoms with Gasteiger partial charge in [-0.25, -0.2) is 0 Å². The molecule has 1 atom stereocenters. The highest BCUT2D eigenvalue weighted by atomic mass is 16.5. The summed E-state index contributed by atoms with van der Waals surface area (Å²) in [6.45, 7) is 22.3. The molecule has 2 aliphatic rings. The van der Waals surface area contributed by atoms with E-state index in [1.54, 1.807) is 0 Å². The van der Waals surface area contributed by atoms with E-state index in [9.17, 15) is 0 Å². The lowest BCUT2D eigenvalue weighted by molar-refractivity contribution is 0.256. The van der Waals surface area contributed by atoms with E-state index in [0.717, 1.165) is 69.4 Å². The van der Waals surface area contributed by atoms with Crippen molar-refractivity contribution in [3.8, 4) is 11.5 Å². The quantitative estimate of drug-likeness (QED) is 0.462. The number of benzene rings is 2. The average Bonchev–Trinajstić information content (AvgIpc) is 3.11. The molecule has 0 bridgehead atoms. The van der Waals surface area contributed by atoms with Gasteiger partial charge in [-0.1, -0.05) is 50.3 Å². The van der Waals surface area contributed by atoms with Crippen LogP contribution >= 0.6 is 0 Å². The zero-order chi connectivity index (χ0) is 24.2. The van der Waals surface area contributed by atoms with Crippen molar-refractivity contribution in [1.29, 1.82) is 0 Å². The van der Waals surface area contributed by atoms with Crippen molar-refractivity contribution in [2.75, 3.05) is 32.8 Å². The van der Waals surface area contributed by atoms with Crippen molar-refractivity contribution in [3.63, 3.8) is 0 Å². The molecule has 4 rings (SSSR count). The van der Waals surface area contributed by atoms with Crippen LogP contribution in [0.2, 0.25) is 0 Å². The monoisotopic (exact) mass is 462 g/mol. The standard InChI is InChI=1S/C30H42N2O2/c1-21(2)17-32(18-26-15-24(5)30-29(16-26)33-12-7-13-34-30)25(6)27-10-11-31(19-27)20-28-14-22(3)8-9-23(28)4/h8-9,14-16,21,27H,6-7,10-13,17-20H2,1-5H3/t27-/m1/s1. The van der Waals surface area contributed by atoms with E-state index in [1.165, 1.54) is 34.4 Å². The molecule has 0 aromatic heterocycles. The number of hydrogen-bond donors (Lipinski definition) is 0. The maximum Gasteiger partial charge on any atom is 0.164 e. The van der Waals surface area contributed by atoms with Crippen molar-refractivity contribution >= 4 is 0 Å². The van der Waals surface area contributed by atoms with Crippen LogP contribution in [-0.4, -0.2) is 42.6 Å². The molecule has 0 aliphatic carbocycles. The summed E-state index contributed by atoms with van der Waals surface area (Å²) in [5.74, 6) is 2.88. The molecule has 1 fully saturated rings. The van der Waals surface area contributed by atoms with Gasteiger partial charge in [0.2, 0.25) is 0 Å². The molecule has 4 nitrogen and oxygen atoms in total. The first kappa shape index (κ1) is 24.7. The van der Waals surface area contributed by atoms with Gasteiger partial charge in [0.05, 0.1) is 13.2 Å². The maximum atomic E-state index is 6.01. The van der Waals surface area contributed by atoms with Crippen LogP contribution < -0.4 is 9.47 Å². The van der Waals surface area contributed by atoms with Crippen LogP contribution in [0.15, 0.2) is 42.6 Å². The van der Waals surface area contributed by atoms with Crippen molar-refractivity contribution in [2.24, 2.45) is 11.8 Å². The fourth-order valence-electron chi connectivity index (χ4n) is 5.27. The van der Waals surface area contributed by atoms with Crippen LogP contribution in [0.3, 0.4) is 0 Å². The lowest BCUT2D eigenvalue weighted by atomic mass is 10.0. The molecule has 0 saturated carbocycles. The third kappa shape index (κ3) is 5.96. The van der Waals surface area contributed by atoms with E-state index in [1.807, 2.05) is 0 Å². The molecular formula is C30H42N2O2. The third-order valence-electron chi connectivity index (χ3n) is 7.10. The van der Waals surface area contributed by atoms with Crippen LogP contribution in [-0.2, 0) is 13.1 Å². The summed E-state index contributed by atoms with van der Waals surface area (Å²) in [6, 6.07) is 11.2. The lowest BCUT2D eigenvalue weighted by Crippen LogP contribution is -2.31. The number of nitrogens with zero attached hydrogens (tertiary/aromatic N) is 2. The molecule has 4 heteroatoms. The fraction of sp³-hybridized carbons (Fsp3) is 0.533. The average molecular weight is 463 g/mol. The minimum atomic E-state index is 0.505. The number of likely N-dealkylation sites (tertiary alicyclic amines) is 1. The first-order valence-corrected chi connectivity index (χ1v) is 12.9. The second-order valence-electron chi connectivity index (χ2n) is 10.7. The van der Waals surface area contributed by atoms with Crippen LogP contribution in [0.25, 0.3) is 0 Å². The highest BCUT2D eigenvalue weighted by Gasteiger charge is 2.28. The molecule has 2 aromatic rings. The Kier molecular flexibility index (Phi) is 7.88. The number of hydrogen-bond acceptors (Lipinski definition) is 4. The van der Waals surface area contributed by atoms with Gasteiger partial charge in [0.15, 0.2) is 11.5 Å². The van der Waals surface area contributed by atoms with Crippen LogP contribution in [0.4, 0.5) is 0 Å². The Labute approximate surface area is 206 Å². The molecule has 2 aliphatic heterocycles. The number of aryl methyl sites for hydroxylation is 3. The van der Waals surface area contributed by atoms with Gasteiger partial charge in [-0.2, -0.15) is 0 Å². The Hall–Kier alpha value is -2.46. The zero-order valence-electron chi connectivity index (χ0n) is 21.8. The Morgan fingerprint density at radius 3 is 2.68 bits per heavy atom. The molecule has 0 unspecified atom stereocenters. The van der Waals surface area contributed by atoms with Gasteiger partial charge >= 0.3 is 0 Å². The SMILES string of the molecule is C=C([C@@H]1CCN(Cc2cc(C)ccc2C)C1)N(Cc1cc(C)c2c(c1)OCCCO2)CC(C)C. The molecule has 34 heavy (non-hydrogen) atoms. The summed E-state index contributed by atoms with van der Waals surface area (Å²) in [7, 11) is 0. The van der Waals surface area contributed by atoms with Crippen molar-refractivity contribution in [3.05, 3.63) is 70.4 Å². The van der Waals surface area contributed by atoms with E-state index in [0.29, 0.717) is 11.8 Å². The summed E-state index contributed by atoms with van der Waals surface area (Å²) in [5.41, 5.74) is 7.89. The summed E-state index contributed by atoms with van der Waals surface area (Å²) < 4.78 is 12.0. The summed E-state index contributed by atoms with van der Waals surface area (Å²) in [5, 5.41) is 0. The molecule has 184 valence electrons. The Morgan fingerprint density at radius 1 is 1.09 bits per heavy atom. The van der Waals surface area contributed by atoms with Crippen LogP contribution in [0.1, 0.15) is 54.5 Å². The van der Waals surface area contributed by atoms with Gasteiger partial charge in [-0.05, 0) is 68.0 Å². The van der Waals surface area contributed by atoms with Crippen LogP contribution in [0.5, 0.6) is 11.5 Å². The number of rotatable bonds is 8. The van der Waals surface area contributed by atoms with Crippen molar-refractivity contribution < 1.29 is 9.47 Å². The number of fused-ring (bicyclic) bond motifs is 1. The smallest absolute Gasteiger partial charge is 0.164 e. The fourth-order valence-corrected chi connectivity index (χ4v) is 5.27. The zero-order valence-corrected chi connectivity index (χ0v) is 21.8. The highest BCUT2D eigenvalue weighted by Crippen LogP contribution is 2.36. The van der Waals surface area contributed by atoms with Gasteiger partial charge < -0.3 is 14.4 Å². The lowest BCUT2D eigenvalue weighted by Gasteiger charge is -2.32. The van der Waals surface area contributed by atoms with Gasteiger partial charge in [-0.3, -0.25) is 4.90 Å². The highest BCUT2D eigenvalue weighted by molar-refractivity contribution is 5.49. The summed E-state index contributed by atoms with van der Waals surface area (Å²) >= 11 is 0. The van der Waals surface area contributed by atoms with Crippen LogP contribution in [0, 0.1) is 32.6 Å². The topological polar surface area (TPSA) is 24.9 Å². The third-order valence-corrected chi connectivity index (χ3v) is 7.10. The van der Waals surface area contributed by atoms with E-state index < -0.39 is 0 Å².